The van der Waals surface area contributed by atoms with Crippen LogP contribution in [0.25, 0.3) is 0 Å². The average molecular weight is 337 g/mol. The smallest absolute Gasteiger partial charge is 0.251 e. The Morgan fingerprint density at radius 1 is 1.18 bits per heavy atom. The lowest BCUT2D eigenvalue weighted by Crippen LogP contribution is -2.31. The maximum atomic E-state index is 12.4. The van der Waals surface area contributed by atoms with Crippen LogP contribution in [0.1, 0.15) is 35.1 Å². The van der Waals surface area contributed by atoms with E-state index in [1.165, 1.54) is 12.1 Å². The van der Waals surface area contributed by atoms with Crippen LogP contribution in [0.3, 0.4) is 0 Å². The molecule has 0 unspecified atom stereocenters. The van der Waals surface area contributed by atoms with Crippen molar-refractivity contribution < 1.29 is 13.2 Å². The van der Waals surface area contributed by atoms with Crippen LogP contribution in [-0.4, -0.2) is 20.6 Å². The van der Waals surface area contributed by atoms with Gasteiger partial charge in [-0.05, 0) is 35.6 Å². The van der Waals surface area contributed by atoms with E-state index in [1.807, 2.05) is 31.4 Å². The highest BCUT2D eigenvalue weighted by Crippen LogP contribution is 2.26. The molecule has 2 aromatic rings. The van der Waals surface area contributed by atoms with Crippen molar-refractivity contribution in [2.45, 2.75) is 24.8 Å². The highest BCUT2D eigenvalue weighted by atomic mass is 32.2. The number of hydrogen-bond acceptors (Lipinski definition) is 4. The summed E-state index contributed by atoms with van der Waals surface area (Å²) in [4.78, 5) is 13.7. The molecule has 1 aromatic heterocycles. The summed E-state index contributed by atoms with van der Waals surface area (Å²) >= 11 is 1.59. The van der Waals surface area contributed by atoms with Crippen LogP contribution >= 0.6 is 11.3 Å². The molecule has 0 fully saturated rings. The molecule has 0 aliphatic heterocycles. The number of benzene rings is 1. The molecule has 22 heavy (non-hydrogen) atoms. The Bertz CT molecular complexity index is 749. The van der Waals surface area contributed by atoms with Crippen LogP contribution in [0.2, 0.25) is 0 Å². The highest BCUT2D eigenvalue weighted by molar-refractivity contribution is 7.90. The molecule has 1 aromatic carbocycles. The average Bonchev–Trinajstić information content (AvgIpc) is 2.97. The van der Waals surface area contributed by atoms with Crippen molar-refractivity contribution in [3.63, 3.8) is 0 Å². The van der Waals surface area contributed by atoms with E-state index in [1.54, 1.807) is 23.5 Å². The lowest BCUT2D eigenvalue weighted by molar-refractivity contribution is 0.0926. The molecular weight excluding hydrogens is 318 g/mol. The summed E-state index contributed by atoms with van der Waals surface area (Å²) in [6.45, 7) is 4.08. The fourth-order valence-electron chi connectivity index (χ4n) is 2.13. The van der Waals surface area contributed by atoms with Crippen LogP contribution in [-0.2, 0) is 9.84 Å². The molecule has 1 amide bonds. The topological polar surface area (TPSA) is 63.2 Å². The lowest BCUT2D eigenvalue weighted by Gasteiger charge is -2.21. The molecule has 0 aliphatic carbocycles. The molecule has 2 rings (SSSR count). The first-order valence-electron chi connectivity index (χ1n) is 6.93. The van der Waals surface area contributed by atoms with Crippen molar-refractivity contribution in [1.82, 2.24) is 5.32 Å². The summed E-state index contributed by atoms with van der Waals surface area (Å²) in [5.74, 6) is -0.0294. The van der Waals surface area contributed by atoms with Gasteiger partial charge in [-0.15, -0.1) is 11.3 Å². The molecule has 1 N–H and O–H groups in total. The van der Waals surface area contributed by atoms with Gasteiger partial charge in [0.1, 0.15) is 0 Å². The van der Waals surface area contributed by atoms with Gasteiger partial charge in [0.2, 0.25) is 0 Å². The number of carbonyl (C=O) groups excluding carboxylic acids is 1. The molecular formula is C16H19NO3S2. The van der Waals surface area contributed by atoms with Crippen LogP contribution in [0.5, 0.6) is 0 Å². The summed E-state index contributed by atoms with van der Waals surface area (Å²) in [7, 11) is -3.32. The fourth-order valence-corrected chi connectivity index (χ4v) is 3.74. The zero-order valence-electron chi connectivity index (χ0n) is 12.7. The van der Waals surface area contributed by atoms with Gasteiger partial charge < -0.3 is 5.32 Å². The number of hydrogen-bond donors (Lipinski definition) is 1. The van der Waals surface area contributed by atoms with Gasteiger partial charge >= 0.3 is 0 Å². The molecule has 0 aliphatic rings. The molecule has 6 heteroatoms. The van der Waals surface area contributed by atoms with Gasteiger partial charge in [0.05, 0.1) is 10.9 Å². The standard InChI is InChI=1S/C16H19NO3S2/c1-11(2)15(14-8-5-9-21-14)17-16(18)12-6-4-7-13(10-12)22(3,19)20/h4-11,15H,1-3H3,(H,17,18)/t15-/m1/s1. The second-order valence-corrected chi connectivity index (χ2v) is 8.51. The van der Waals surface area contributed by atoms with E-state index in [4.69, 9.17) is 0 Å². The number of sulfone groups is 1. The summed E-state index contributed by atoms with van der Waals surface area (Å²) in [6.07, 6.45) is 1.13. The van der Waals surface area contributed by atoms with Gasteiger partial charge in [0, 0.05) is 16.7 Å². The number of amides is 1. The van der Waals surface area contributed by atoms with Crippen LogP contribution < -0.4 is 5.32 Å². The minimum Gasteiger partial charge on any atom is -0.344 e. The summed E-state index contributed by atoms with van der Waals surface area (Å²) in [5, 5.41) is 4.96. The third-order valence-electron chi connectivity index (χ3n) is 3.33. The Balaban J connectivity index is 2.25. The zero-order valence-corrected chi connectivity index (χ0v) is 14.4. The Hall–Kier alpha value is -1.66. The zero-order chi connectivity index (χ0) is 16.3. The van der Waals surface area contributed by atoms with E-state index in [9.17, 15) is 13.2 Å². The summed E-state index contributed by atoms with van der Waals surface area (Å²) in [5.41, 5.74) is 0.352. The van der Waals surface area contributed by atoms with Gasteiger partial charge in [-0.25, -0.2) is 8.42 Å². The first-order chi connectivity index (χ1) is 10.3. The third kappa shape index (κ3) is 3.96. The highest BCUT2D eigenvalue weighted by Gasteiger charge is 2.20. The van der Waals surface area contributed by atoms with Gasteiger partial charge in [-0.2, -0.15) is 0 Å². The predicted molar refractivity (Wildman–Crippen MR) is 88.9 cm³/mol. The molecule has 0 spiro atoms. The fraction of sp³-hybridized carbons (Fsp3) is 0.312. The van der Waals surface area contributed by atoms with Gasteiger partial charge in [0.25, 0.3) is 5.91 Å². The normalized spacial score (nSPS) is 13.1. The largest absolute Gasteiger partial charge is 0.344 e. The monoisotopic (exact) mass is 337 g/mol. The van der Waals surface area contributed by atoms with E-state index in [2.05, 4.69) is 5.32 Å². The maximum Gasteiger partial charge on any atom is 0.251 e. The SMILES string of the molecule is CC(C)[C@@H](NC(=O)c1cccc(S(C)(=O)=O)c1)c1cccs1. The van der Waals surface area contributed by atoms with E-state index in [-0.39, 0.29) is 22.8 Å². The van der Waals surface area contributed by atoms with Crippen LogP contribution in [0, 0.1) is 5.92 Å². The van der Waals surface area contributed by atoms with E-state index < -0.39 is 9.84 Å². The Labute approximate surface area is 135 Å². The Morgan fingerprint density at radius 2 is 1.91 bits per heavy atom. The van der Waals surface area contributed by atoms with E-state index >= 15 is 0 Å². The van der Waals surface area contributed by atoms with Crippen molar-refractivity contribution in [2.75, 3.05) is 6.26 Å². The number of nitrogens with one attached hydrogen (secondary N) is 1. The predicted octanol–water partition coefficient (Wildman–Crippen LogP) is 3.28. The second-order valence-electron chi connectivity index (χ2n) is 5.51. The first-order valence-corrected chi connectivity index (χ1v) is 9.70. The quantitative estimate of drug-likeness (QED) is 0.911. The number of rotatable bonds is 5. The van der Waals surface area contributed by atoms with E-state index in [0.29, 0.717) is 5.56 Å². The summed E-state index contributed by atoms with van der Waals surface area (Å²) < 4.78 is 23.2. The van der Waals surface area contributed by atoms with Crippen LogP contribution in [0.4, 0.5) is 0 Å². The second kappa shape index (κ2) is 6.62. The number of carbonyl (C=O) groups is 1. The van der Waals surface area contributed by atoms with Crippen LogP contribution in [0.15, 0.2) is 46.7 Å². The minimum absolute atomic E-state index is 0.0885. The maximum absolute atomic E-state index is 12.4. The van der Waals surface area contributed by atoms with E-state index in [0.717, 1.165) is 11.1 Å². The molecule has 0 saturated carbocycles. The Kier molecular flexibility index (Phi) is 5.03. The molecule has 0 saturated heterocycles. The van der Waals surface area contributed by atoms with Crippen molar-refractivity contribution in [3.8, 4) is 0 Å². The van der Waals surface area contributed by atoms with Crippen molar-refractivity contribution in [3.05, 3.63) is 52.2 Å². The minimum atomic E-state index is -3.32. The first kappa shape index (κ1) is 16.7. The molecule has 1 atom stereocenters. The molecule has 118 valence electrons. The Morgan fingerprint density at radius 3 is 2.45 bits per heavy atom. The van der Waals surface area contributed by atoms with Crippen molar-refractivity contribution >= 4 is 27.1 Å². The molecule has 4 nitrogen and oxygen atoms in total. The van der Waals surface area contributed by atoms with Crippen molar-refractivity contribution in [1.29, 1.82) is 0 Å². The van der Waals surface area contributed by atoms with Crippen molar-refractivity contribution in [2.24, 2.45) is 5.92 Å². The van der Waals surface area contributed by atoms with Gasteiger partial charge in [0.15, 0.2) is 9.84 Å². The summed E-state index contributed by atoms with van der Waals surface area (Å²) in [6, 6.07) is 9.96. The molecule has 0 radical (unpaired) electrons. The third-order valence-corrected chi connectivity index (χ3v) is 5.39. The number of thiophene rings is 1. The molecule has 1 heterocycles. The van der Waals surface area contributed by atoms with Gasteiger partial charge in [-0.1, -0.05) is 26.0 Å². The van der Waals surface area contributed by atoms with Gasteiger partial charge in [-0.3, -0.25) is 4.79 Å². The lowest BCUT2D eigenvalue weighted by atomic mass is 10.0. The molecule has 0 bridgehead atoms.